The number of likely N-dealkylation sites (tertiary alicyclic amines) is 1. The zero-order valence-electron chi connectivity index (χ0n) is 12.8. The summed E-state index contributed by atoms with van der Waals surface area (Å²) < 4.78 is 5.36. The van der Waals surface area contributed by atoms with Crippen LogP contribution in [0.5, 0.6) is 5.75 Å². The molecule has 0 aromatic heterocycles. The minimum atomic E-state index is -0.674. The first-order valence-electron chi connectivity index (χ1n) is 7.68. The van der Waals surface area contributed by atoms with Gasteiger partial charge in [0.05, 0.1) is 12.5 Å². The molecule has 0 bridgehead atoms. The van der Waals surface area contributed by atoms with Crippen molar-refractivity contribution >= 4 is 5.97 Å². The number of nitrogens with zero attached hydrogens (tertiary/aromatic N) is 1. The predicted molar refractivity (Wildman–Crippen MR) is 80.6 cm³/mol. The van der Waals surface area contributed by atoms with Gasteiger partial charge in [-0.3, -0.25) is 9.69 Å². The maximum Gasteiger partial charge on any atom is 0.310 e. The Morgan fingerprint density at radius 3 is 2.95 bits per heavy atom. The molecule has 1 aromatic carbocycles. The lowest BCUT2D eigenvalue weighted by molar-refractivity contribution is -0.147. The van der Waals surface area contributed by atoms with Crippen LogP contribution in [0.15, 0.2) is 18.2 Å². The van der Waals surface area contributed by atoms with E-state index >= 15 is 0 Å². The SMILES string of the molecule is COc1ccc2c(c1)C(N1CCC(C)(C(=O)O)C1)CCC2. The number of aliphatic carboxylic acids is 1. The van der Waals surface area contributed by atoms with E-state index in [0.29, 0.717) is 12.6 Å². The van der Waals surface area contributed by atoms with Crippen LogP contribution in [-0.4, -0.2) is 36.2 Å². The summed E-state index contributed by atoms with van der Waals surface area (Å²) in [6.45, 7) is 3.37. The van der Waals surface area contributed by atoms with E-state index in [4.69, 9.17) is 4.74 Å². The number of fused-ring (bicyclic) bond motifs is 1. The van der Waals surface area contributed by atoms with Gasteiger partial charge in [0.1, 0.15) is 5.75 Å². The minimum Gasteiger partial charge on any atom is -0.497 e. The van der Waals surface area contributed by atoms with Gasteiger partial charge >= 0.3 is 5.97 Å². The molecule has 0 saturated carbocycles. The Bertz CT molecular complexity index is 557. The highest BCUT2D eigenvalue weighted by Gasteiger charge is 2.43. The fourth-order valence-electron chi connectivity index (χ4n) is 3.70. The summed E-state index contributed by atoms with van der Waals surface area (Å²) in [5.74, 6) is 0.215. The van der Waals surface area contributed by atoms with Gasteiger partial charge in [-0.2, -0.15) is 0 Å². The standard InChI is InChI=1S/C17H23NO3/c1-17(16(19)20)8-9-18(11-17)15-5-3-4-12-6-7-13(21-2)10-14(12)15/h6-7,10,15H,3-5,8-9,11H2,1-2H3,(H,19,20). The van der Waals surface area contributed by atoms with E-state index in [9.17, 15) is 9.90 Å². The Balaban J connectivity index is 1.87. The minimum absolute atomic E-state index is 0.338. The van der Waals surface area contributed by atoms with Crippen molar-refractivity contribution in [3.63, 3.8) is 0 Å². The number of carboxylic acid groups (broad SMARTS) is 1. The first-order chi connectivity index (χ1) is 10.0. The van der Waals surface area contributed by atoms with Gasteiger partial charge in [0.25, 0.3) is 0 Å². The van der Waals surface area contributed by atoms with Crippen LogP contribution < -0.4 is 4.74 Å². The highest BCUT2D eigenvalue weighted by molar-refractivity contribution is 5.74. The van der Waals surface area contributed by atoms with Gasteiger partial charge in [-0.25, -0.2) is 0 Å². The van der Waals surface area contributed by atoms with E-state index in [1.165, 1.54) is 17.5 Å². The lowest BCUT2D eigenvalue weighted by Gasteiger charge is -2.34. The molecule has 0 radical (unpaired) electrons. The maximum atomic E-state index is 11.5. The number of hydrogen-bond donors (Lipinski definition) is 1. The van der Waals surface area contributed by atoms with E-state index in [2.05, 4.69) is 17.0 Å². The van der Waals surface area contributed by atoms with E-state index in [-0.39, 0.29) is 0 Å². The molecule has 1 aliphatic heterocycles. The third-order valence-corrected chi connectivity index (χ3v) is 5.10. The summed E-state index contributed by atoms with van der Waals surface area (Å²) in [7, 11) is 1.69. The van der Waals surface area contributed by atoms with Crippen LogP contribution in [0.3, 0.4) is 0 Å². The zero-order valence-corrected chi connectivity index (χ0v) is 12.8. The lowest BCUT2D eigenvalue weighted by atomic mass is 9.86. The molecule has 21 heavy (non-hydrogen) atoms. The van der Waals surface area contributed by atoms with Crippen LogP contribution >= 0.6 is 0 Å². The fourth-order valence-corrected chi connectivity index (χ4v) is 3.70. The molecule has 3 rings (SSSR count). The molecule has 0 spiro atoms. The topological polar surface area (TPSA) is 49.8 Å². The normalized spacial score (nSPS) is 29.1. The number of aryl methyl sites for hydroxylation is 1. The van der Waals surface area contributed by atoms with Gasteiger partial charge < -0.3 is 9.84 Å². The molecule has 114 valence electrons. The summed E-state index contributed by atoms with van der Waals surface area (Å²) in [6.07, 6.45) is 4.12. The maximum absolute atomic E-state index is 11.5. The summed E-state index contributed by atoms with van der Waals surface area (Å²) in [5.41, 5.74) is 2.11. The molecular weight excluding hydrogens is 266 g/mol. The van der Waals surface area contributed by atoms with Gasteiger partial charge in [0.2, 0.25) is 0 Å². The van der Waals surface area contributed by atoms with Crippen molar-refractivity contribution in [2.45, 2.75) is 38.6 Å². The molecule has 2 atom stereocenters. The number of carbonyl (C=O) groups is 1. The van der Waals surface area contributed by atoms with Gasteiger partial charge in [0.15, 0.2) is 0 Å². The molecule has 4 nitrogen and oxygen atoms in total. The molecule has 1 saturated heterocycles. The van der Waals surface area contributed by atoms with Gasteiger partial charge in [-0.1, -0.05) is 6.07 Å². The van der Waals surface area contributed by atoms with Crippen molar-refractivity contribution in [3.8, 4) is 5.75 Å². The molecule has 1 heterocycles. The smallest absolute Gasteiger partial charge is 0.310 e. The second-order valence-electron chi connectivity index (χ2n) is 6.56. The molecule has 4 heteroatoms. The Labute approximate surface area is 125 Å². The molecule has 2 aliphatic rings. The highest BCUT2D eigenvalue weighted by Crippen LogP contribution is 2.41. The number of hydrogen-bond acceptors (Lipinski definition) is 3. The Hall–Kier alpha value is -1.55. The molecule has 1 aliphatic carbocycles. The molecule has 0 amide bonds. The van der Waals surface area contributed by atoms with Crippen molar-refractivity contribution < 1.29 is 14.6 Å². The Kier molecular flexibility index (Phi) is 3.66. The van der Waals surface area contributed by atoms with E-state index < -0.39 is 11.4 Å². The van der Waals surface area contributed by atoms with Crippen molar-refractivity contribution in [3.05, 3.63) is 29.3 Å². The predicted octanol–water partition coefficient (Wildman–Crippen LogP) is 2.87. The second-order valence-corrected chi connectivity index (χ2v) is 6.56. The third-order valence-electron chi connectivity index (χ3n) is 5.10. The van der Waals surface area contributed by atoms with Crippen LogP contribution in [0.2, 0.25) is 0 Å². The molecule has 1 fully saturated rings. The summed E-state index contributed by atoms with van der Waals surface area (Å²) in [4.78, 5) is 13.8. The fraction of sp³-hybridized carbons (Fsp3) is 0.588. The molecule has 1 N–H and O–H groups in total. The first-order valence-corrected chi connectivity index (χ1v) is 7.68. The molecule has 1 aromatic rings. The van der Waals surface area contributed by atoms with E-state index in [1.54, 1.807) is 7.11 Å². The summed E-state index contributed by atoms with van der Waals surface area (Å²) in [5, 5.41) is 9.42. The van der Waals surface area contributed by atoms with Crippen LogP contribution in [0.1, 0.15) is 43.4 Å². The van der Waals surface area contributed by atoms with Gasteiger partial charge in [-0.05, 0) is 62.4 Å². The average Bonchev–Trinajstić information content (AvgIpc) is 2.90. The quantitative estimate of drug-likeness (QED) is 0.929. The Morgan fingerprint density at radius 2 is 2.29 bits per heavy atom. The number of ether oxygens (including phenoxy) is 1. The van der Waals surface area contributed by atoms with E-state index in [0.717, 1.165) is 31.6 Å². The van der Waals surface area contributed by atoms with Crippen molar-refractivity contribution in [2.24, 2.45) is 5.41 Å². The van der Waals surface area contributed by atoms with Crippen LogP contribution in [0, 0.1) is 5.41 Å². The van der Waals surface area contributed by atoms with Crippen LogP contribution in [0.25, 0.3) is 0 Å². The van der Waals surface area contributed by atoms with Crippen molar-refractivity contribution in [2.75, 3.05) is 20.2 Å². The van der Waals surface area contributed by atoms with Gasteiger partial charge in [-0.15, -0.1) is 0 Å². The summed E-state index contributed by atoms with van der Waals surface area (Å²) >= 11 is 0. The highest BCUT2D eigenvalue weighted by atomic mass is 16.5. The van der Waals surface area contributed by atoms with Crippen molar-refractivity contribution in [1.82, 2.24) is 4.90 Å². The molecular formula is C17H23NO3. The van der Waals surface area contributed by atoms with Gasteiger partial charge in [0, 0.05) is 12.6 Å². The van der Waals surface area contributed by atoms with Crippen molar-refractivity contribution in [1.29, 1.82) is 0 Å². The van der Waals surface area contributed by atoms with Crippen LogP contribution in [-0.2, 0) is 11.2 Å². The molecule has 2 unspecified atom stereocenters. The first kappa shape index (κ1) is 14.4. The largest absolute Gasteiger partial charge is 0.497 e. The number of benzene rings is 1. The number of carboxylic acids is 1. The zero-order chi connectivity index (χ0) is 15.0. The second kappa shape index (κ2) is 5.34. The van der Waals surface area contributed by atoms with E-state index in [1.807, 2.05) is 13.0 Å². The third kappa shape index (κ3) is 2.53. The number of methoxy groups -OCH3 is 1. The Morgan fingerprint density at radius 1 is 1.48 bits per heavy atom. The average molecular weight is 289 g/mol. The number of rotatable bonds is 3. The lowest BCUT2D eigenvalue weighted by Crippen LogP contribution is -2.34. The monoisotopic (exact) mass is 289 g/mol. The summed E-state index contributed by atoms with van der Waals surface area (Å²) in [6, 6.07) is 6.65. The van der Waals surface area contributed by atoms with Crippen LogP contribution in [0.4, 0.5) is 0 Å².